The Hall–Kier alpha value is -2.41. The molecule has 2 aromatic carbocycles. The number of halogens is 1. The predicted octanol–water partition coefficient (Wildman–Crippen LogP) is 5.21. The minimum absolute atomic E-state index is 0.00185. The first-order valence-corrected chi connectivity index (χ1v) is 14.9. The average Bonchev–Trinajstić information content (AvgIpc) is 3.31. The zero-order chi connectivity index (χ0) is 27.9. The van der Waals surface area contributed by atoms with Crippen molar-refractivity contribution < 1.29 is 9.59 Å². The number of hydrogen-bond donors (Lipinski definition) is 2. The monoisotopic (exact) mass is 552 g/mol. The summed E-state index contributed by atoms with van der Waals surface area (Å²) in [5, 5.41) is 7.20. The van der Waals surface area contributed by atoms with Crippen LogP contribution in [0.1, 0.15) is 69.7 Å². The van der Waals surface area contributed by atoms with Gasteiger partial charge in [0.25, 0.3) is 0 Å². The molecule has 2 N–H and O–H groups in total. The molecule has 2 heterocycles. The third-order valence-electron chi connectivity index (χ3n) is 7.97. The molecule has 212 valence electrons. The second-order valence-corrected chi connectivity index (χ2v) is 12.5. The number of carbonyl (C=O) groups is 2. The van der Waals surface area contributed by atoms with Crippen molar-refractivity contribution in [1.82, 2.24) is 20.4 Å². The van der Waals surface area contributed by atoms with Crippen LogP contribution >= 0.6 is 11.6 Å². The van der Waals surface area contributed by atoms with E-state index in [9.17, 15) is 9.59 Å². The highest BCUT2D eigenvalue weighted by atomic mass is 35.5. The standard InChI is InChI=1S/C32H45ClN4O2/c1-22(2)17-27(18-23(3)4)36-13-15-37(16-14-36)32(39)30(19-24-9-11-26(33)12-10-24)35-31(38)20-29-28-8-6-5-7-25(28)21-34-29/h5-12,22-23,27,29-30,34H,13-21H2,1-4H3,(H,35,38)/t29?,30-/m1/s1. The summed E-state index contributed by atoms with van der Waals surface area (Å²) in [7, 11) is 0. The van der Waals surface area contributed by atoms with E-state index in [-0.39, 0.29) is 17.9 Å². The second kappa shape index (κ2) is 13.8. The third kappa shape index (κ3) is 8.29. The molecular formula is C32H45ClN4O2. The van der Waals surface area contributed by atoms with E-state index in [0.717, 1.165) is 25.2 Å². The van der Waals surface area contributed by atoms with Crippen LogP contribution in [-0.2, 0) is 22.6 Å². The van der Waals surface area contributed by atoms with Gasteiger partial charge in [-0.2, -0.15) is 0 Å². The number of fused-ring (bicyclic) bond motifs is 1. The molecule has 0 radical (unpaired) electrons. The van der Waals surface area contributed by atoms with Gasteiger partial charge < -0.3 is 15.5 Å². The van der Waals surface area contributed by atoms with Crippen molar-refractivity contribution in [3.63, 3.8) is 0 Å². The van der Waals surface area contributed by atoms with E-state index in [2.05, 4.69) is 55.4 Å². The van der Waals surface area contributed by atoms with Gasteiger partial charge in [-0.15, -0.1) is 0 Å². The molecule has 2 atom stereocenters. The number of amides is 2. The third-order valence-corrected chi connectivity index (χ3v) is 8.23. The summed E-state index contributed by atoms with van der Waals surface area (Å²) >= 11 is 6.10. The zero-order valence-electron chi connectivity index (χ0n) is 24.0. The van der Waals surface area contributed by atoms with Gasteiger partial charge in [-0.25, -0.2) is 0 Å². The summed E-state index contributed by atoms with van der Waals surface area (Å²) in [6, 6.07) is 15.7. The number of nitrogens with one attached hydrogen (secondary N) is 2. The smallest absolute Gasteiger partial charge is 0.245 e. The Morgan fingerprint density at radius 1 is 0.949 bits per heavy atom. The van der Waals surface area contributed by atoms with Crippen LogP contribution in [0.2, 0.25) is 5.02 Å². The molecule has 0 aromatic heterocycles. The fourth-order valence-corrected chi connectivity index (χ4v) is 6.19. The summed E-state index contributed by atoms with van der Waals surface area (Å²) in [6.45, 7) is 13.0. The lowest BCUT2D eigenvalue weighted by Gasteiger charge is -2.41. The average molecular weight is 553 g/mol. The molecule has 6 nitrogen and oxygen atoms in total. The Morgan fingerprint density at radius 2 is 1.59 bits per heavy atom. The molecule has 2 aliphatic heterocycles. The summed E-state index contributed by atoms with van der Waals surface area (Å²) in [4.78, 5) is 31.6. The van der Waals surface area contributed by atoms with Crippen LogP contribution < -0.4 is 10.6 Å². The van der Waals surface area contributed by atoms with Gasteiger partial charge in [0.2, 0.25) is 11.8 Å². The molecule has 2 aromatic rings. The molecule has 1 fully saturated rings. The number of rotatable bonds is 11. The van der Waals surface area contributed by atoms with Crippen molar-refractivity contribution in [3.05, 3.63) is 70.2 Å². The molecule has 1 unspecified atom stereocenters. The highest BCUT2D eigenvalue weighted by molar-refractivity contribution is 6.30. The lowest BCUT2D eigenvalue weighted by atomic mass is 9.94. The first-order chi connectivity index (χ1) is 18.7. The first kappa shape index (κ1) is 29.6. The maximum atomic E-state index is 13.8. The van der Waals surface area contributed by atoms with Crippen LogP contribution in [0.5, 0.6) is 0 Å². The first-order valence-electron chi connectivity index (χ1n) is 14.6. The molecular weight excluding hydrogens is 508 g/mol. The SMILES string of the molecule is CC(C)CC(CC(C)C)N1CCN(C(=O)[C@@H](Cc2ccc(Cl)cc2)NC(=O)CC2NCc3ccccc32)CC1. The van der Waals surface area contributed by atoms with Gasteiger partial charge in [0.1, 0.15) is 6.04 Å². The van der Waals surface area contributed by atoms with Gasteiger partial charge in [0, 0.05) is 62.7 Å². The fraction of sp³-hybridized carbons (Fsp3) is 0.562. The van der Waals surface area contributed by atoms with Crippen LogP contribution in [0, 0.1) is 11.8 Å². The maximum Gasteiger partial charge on any atom is 0.245 e. The van der Waals surface area contributed by atoms with E-state index < -0.39 is 6.04 Å². The quantitative estimate of drug-likeness (QED) is 0.402. The van der Waals surface area contributed by atoms with Gasteiger partial charge in [-0.05, 0) is 53.5 Å². The number of piperazine rings is 1. The Labute approximate surface area is 239 Å². The lowest BCUT2D eigenvalue weighted by molar-refractivity contribution is -0.138. The van der Waals surface area contributed by atoms with Crippen molar-refractivity contribution >= 4 is 23.4 Å². The van der Waals surface area contributed by atoms with E-state index in [0.29, 0.717) is 48.8 Å². The van der Waals surface area contributed by atoms with Crippen molar-refractivity contribution in [2.24, 2.45) is 11.8 Å². The van der Waals surface area contributed by atoms with Gasteiger partial charge in [0.05, 0.1) is 0 Å². The molecule has 0 saturated carbocycles. The van der Waals surface area contributed by atoms with Crippen LogP contribution in [0.15, 0.2) is 48.5 Å². The van der Waals surface area contributed by atoms with Crippen LogP contribution in [0.25, 0.3) is 0 Å². The van der Waals surface area contributed by atoms with Crippen molar-refractivity contribution in [3.8, 4) is 0 Å². The van der Waals surface area contributed by atoms with E-state index in [1.165, 1.54) is 24.0 Å². The van der Waals surface area contributed by atoms with Gasteiger partial charge in [-0.1, -0.05) is 75.7 Å². The largest absolute Gasteiger partial charge is 0.344 e. The summed E-state index contributed by atoms with van der Waals surface area (Å²) in [5.74, 6) is 1.19. The number of carbonyl (C=O) groups excluding carboxylic acids is 2. The van der Waals surface area contributed by atoms with Crippen LogP contribution in [-0.4, -0.2) is 59.9 Å². The van der Waals surface area contributed by atoms with Gasteiger partial charge in [-0.3, -0.25) is 14.5 Å². The van der Waals surface area contributed by atoms with E-state index >= 15 is 0 Å². The van der Waals surface area contributed by atoms with Crippen molar-refractivity contribution in [2.75, 3.05) is 26.2 Å². The Bertz CT molecular complexity index is 1090. The minimum Gasteiger partial charge on any atom is -0.344 e. The molecule has 39 heavy (non-hydrogen) atoms. The van der Waals surface area contributed by atoms with E-state index in [1.807, 2.05) is 41.3 Å². The van der Waals surface area contributed by atoms with Gasteiger partial charge in [0.15, 0.2) is 0 Å². The number of nitrogens with zero attached hydrogens (tertiary/aromatic N) is 2. The summed E-state index contributed by atoms with van der Waals surface area (Å²) < 4.78 is 0. The van der Waals surface area contributed by atoms with Gasteiger partial charge >= 0.3 is 0 Å². The topological polar surface area (TPSA) is 64.7 Å². The molecule has 0 spiro atoms. The molecule has 7 heteroatoms. The normalized spacial score (nSPS) is 18.6. The van der Waals surface area contributed by atoms with Crippen molar-refractivity contribution in [2.45, 2.75) is 78.0 Å². The highest BCUT2D eigenvalue weighted by Crippen LogP contribution is 2.27. The summed E-state index contributed by atoms with van der Waals surface area (Å²) in [6.07, 6.45) is 3.11. The second-order valence-electron chi connectivity index (χ2n) is 12.1. The molecule has 0 bridgehead atoms. The molecule has 2 aliphatic rings. The fourth-order valence-electron chi connectivity index (χ4n) is 6.07. The summed E-state index contributed by atoms with van der Waals surface area (Å²) in [5.41, 5.74) is 3.38. The Kier molecular flexibility index (Phi) is 10.4. The lowest BCUT2D eigenvalue weighted by Crippen LogP contribution is -2.57. The van der Waals surface area contributed by atoms with E-state index in [4.69, 9.17) is 11.6 Å². The van der Waals surface area contributed by atoms with Crippen molar-refractivity contribution in [1.29, 1.82) is 0 Å². The molecule has 1 saturated heterocycles. The molecule has 0 aliphatic carbocycles. The van der Waals surface area contributed by atoms with Crippen LogP contribution in [0.4, 0.5) is 0 Å². The number of hydrogen-bond acceptors (Lipinski definition) is 4. The zero-order valence-corrected chi connectivity index (χ0v) is 24.7. The Morgan fingerprint density at radius 3 is 2.23 bits per heavy atom. The minimum atomic E-state index is -0.607. The molecule has 2 amide bonds. The predicted molar refractivity (Wildman–Crippen MR) is 159 cm³/mol. The highest BCUT2D eigenvalue weighted by Gasteiger charge is 2.32. The number of benzene rings is 2. The Balaban J connectivity index is 1.41. The maximum absolute atomic E-state index is 13.8. The molecule has 4 rings (SSSR count). The van der Waals surface area contributed by atoms with E-state index in [1.54, 1.807) is 0 Å². The van der Waals surface area contributed by atoms with Crippen LogP contribution in [0.3, 0.4) is 0 Å².